The number of piperazine rings is 1. The number of nitrogens with zero attached hydrogens (tertiary/aromatic N) is 1. The molecule has 2 heterocycles. The Morgan fingerprint density at radius 2 is 1.92 bits per heavy atom. The summed E-state index contributed by atoms with van der Waals surface area (Å²) in [5.41, 5.74) is 1.25. The molecule has 1 N–H and O–H groups in total. The van der Waals surface area contributed by atoms with Crippen LogP contribution in [0, 0.1) is 5.92 Å². The molecule has 2 saturated heterocycles. The molecular formula is C18H28Cl2N2O3. The van der Waals surface area contributed by atoms with Crippen LogP contribution in [0.2, 0.25) is 0 Å². The van der Waals surface area contributed by atoms with Gasteiger partial charge >= 0.3 is 5.97 Å². The van der Waals surface area contributed by atoms with Crippen molar-refractivity contribution in [1.29, 1.82) is 0 Å². The standard InChI is InChI=1S/C18H26N2O3.2ClH/c1-14(21)23-17-4-2-3-16(13-17)18(15-5-11-22-12-6-15)20-9-7-19-8-10-20;;/h2-4,13,15,18-19H,5-12H2,1H3;2*1H/t18-;;/m1../s1. The van der Waals surface area contributed by atoms with E-state index in [1.54, 1.807) is 0 Å². The minimum absolute atomic E-state index is 0. The van der Waals surface area contributed by atoms with E-state index in [2.05, 4.69) is 16.3 Å². The highest BCUT2D eigenvalue weighted by atomic mass is 35.5. The number of benzene rings is 1. The molecule has 2 aliphatic heterocycles. The summed E-state index contributed by atoms with van der Waals surface area (Å²) >= 11 is 0. The zero-order valence-electron chi connectivity index (χ0n) is 14.6. The molecule has 1 atom stereocenters. The number of carbonyl (C=O) groups excluding carboxylic acids is 1. The van der Waals surface area contributed by atoms with Crippen LogP contribution >= 0.6 is 24.8 Å². The average molecular weight is 391 g/mol. The highest BCUT2D eigenvalue weighted by Gasteiger charge is 2.31. The predicted molar refractivity (Wildman–Crippen MR) is 103 cm³/mol. The molecule has 0 aromatic heterocycles. The monoisotopic (exact) mass is 390 g/mol. The quantitative estimate of drug-likeness (QED) is 0.632. The minimum atomic E-state index is -0.271. The fourth-order valence-electron chi connectivity index (χ4n) is 3.70. The van der Waals surface area contributed by atoms with Crippen molar-refractivity contribution in [1.82, 2.24) is 10.2 Å². The molecule has 0 saturated carbocycles. The Labute approximate surface area is 162 Å². The van der Waals surface area contributed by atoms with Gasteiger partial charge in [-0.05, 0) is 36.5 Å². The van der Waals surface area contributed by atoms with E-state index >= 15 is 0 Å². The number of halogens is 2. The second-order valence-corrected chi connectivity index (χ2v) is 6.35. The lowest BCUT2D eigenvalue weighted by atomic mass is 9.85. The van der Waals surface area contributed by atoms with E-state index in [9.17, 15) is 4.79 Å². The average Bonchev–Trinajstić information content (AvgIpc) is 2.57. The Kier molecular flexibility index (Phi) is 9.75. The highest BCUT2D eigenvalue weighted by Crippen LogP contribution is 2.36. The maximum absolute atomic E-state index is 11.2. The van der Waals surface area contributed by atoms with Crippen LogP contribution in [0.25, 0.3) is 0 Å². The lowest BCUT2D eigenvalue weighted by Gasteiger charge is -2.41. The van der Waals surface area contributed by atoms with Crippen molar-refractivity contribution >= 4 is 30.8 Å². The fourth-order valence-corrected chi connectivity index (χ4v) is 3.70. The second-order valence-electron chi connectivity index (χ2n) is 6.35. The molecular weight excluding hydrogens is 363 g/mol. The first-order valence-electron chi connectivity index (χ1n) is 8.55. The van der Waals surface area contributed by atoms with Gasteiger partial charge < -0.3 is 14.8 Å². The Bertz CT molecular complexity index is 515. The van der Waals surface area contributed by atoms with Crippen molar-refractivity contribution in [2.24, 2.45) is 5.92 Å². The molecule has 5 nitrogen and oxygen atoms in total. The zero-order chi connectivity index (χ0) is 16.1. The lowest BCUT2D eigenvalue weighted by molar-refractivity contribution is -0.131. The lowest BCUT2D eigenvalue weighted by Crippen LogP contribution is -2.47. The number of hydrogen-bond donors (Lipinski definition) is 1. The molecule has 142 valence electrons. The van der Waals surface area contributed by atoms with Gasteiger partial charge in [-0.2, -0.15) is 0 Å². The first-order valence-corrected chi connectivity index (χ1v) is 8.55. The summed E-state index contributed by atoms with van der Waals surface area (Å²) in [7, 11) is 0. The van der Waals surface area contributed by atoms with Crippen molar-refractivity contribution in [3.05, 3.63) is 29.8 Å². The van der Waals surface area contributed by atoms with E-state index in [1.807, 2.05) is 18.2 Å². The third-order valence-corrected chi connectivity index (χ3v) is 4.72. The normalized spacial score (nSPS) is 20.0. The van der Waals surface area contributed by atoms with Crippen LogP contribution in [0.15, 0.2) is 24.3 Å². The summed E-state index contributed by atoms with van der Waals surface area (Å²) in [6, 6.07) is 8.40. The molecule has 0 unspecified atom stereocenters. The van der Waals surface area contributed by atoms with Gasteiger partial charge in [0.15, 0.2) is 0 Å². The Hall–Kier alpha value is -0.850. The van der Waals surface area contributed by atoms with E-state index in [-0.39, 0.29) is 30.8 Å². The van der Waals surface area contributed by atoms with Gasteiger partial charge in [0.05, 0.1) is 0 Å². The second kappa shape index (κ2) is 11.0. The molecule has 0 spiro atoms. The van der Waals surface area contributed by atoms with Crippen LogP contribution < -0.4 is 10.1 Å². The van der Waals surface area contributed by atoms with Crippen molar-refractivity contribution in [2.45, 2.75) is 25.8 Å². The number of ether oxygens (including phenoxy) is 2. The van der Waals surface area contributed by atoms with Crippen LogP contribution in [0.1, 0.15) is 31.4 Å². The van der Waals surface area contributed by atoms with E-state index in [1.165, 1.54) is 12.5 Å². The summed E-state index contributed by atoms with van der Waals surface area (Å²) in [5.74, 6) is 0.962. The number of carbonyl (C=O) groups is 1. The molecule has 3 rings (SSSR count). The number of rotatable bonds is 4. The smallest absolute Gasteiger partial charge is 0.308 e. The summed E-state index contributed by atoms with van der Waals surface area (Å²) < 4.78 is 10.8. The van der Waals surface area contributed by atoms with Crippen LogP contribution in [0.4, 0.5) is 0 Å². The Morgan fingerprint density at radius 1 is 1.24 bits per heavy atom. The van der Waals surface area contributed by atoms with Crippen LogP contribution in [0.5, 0.6) is 5.75 Å². The number of esters is 1. The number of nitrogens with one attached hydrogen (secondary N) is 1. The molecule has 0 aliphatic carbocycles. The van der Waals surface area contributed by atoms with Crippen LogP contribution in [-0.2, 0) is 9.53 Å². The third kappa shape index (κ3) is 6.12. The molecule has 0 radical (unpaired) electrons. The summed E-state index contributed by atoms with van der Waals surface area (Å²) in [6.45, 7) is 7.30. The van der Waals surface area contributed by atoms with Crippen molar-refractivity contribution in [3.63, 3.8) is 0 Å². The van der Waals surface area contributed by atoms with E-state index in [4.69, 9.17) is 9.47 Å². The van der Waals surface area contributed by atoms with Crippen molar-refractivity contribution < 1.29 is 14.3 Å². The van der Waals surface area contributed by atoms with Gasteiger partial charge in [0.1, 0.15) is 5.75 Å². The van der Waals surface area contributed by atoms with E-state index in [0.29, 0.717) is 17.7 Å². The van der Waals surface area contributed by atoms with E-state index < -0.39 is 0 Å². The third-order valence-electron chi connectivity index (χ3n) is 4.72. The SMILES string of the molecule is CC(=O)Oc1cccc([C@@H](C2CCOCC2)N2CCNCC2)c1.Cl.Cl. The minimum Gasteiger partial charge on any atom is -0.427 e. The number of hydrogen-bond acceptors (Lipinski definition) is 5. The van der Waals surface area contributed by atoms with Crippen molar-refractivity contribution in [3.8, 4) is 5.75 Å². The maximum atomic E-state index is 11.2. The first-order chi connectivity index (χ1) is 11.2. The highest BCUT2D eigenvalue weighted by molar-refractivity contribution is 5.85. The van der Waals surface area contributed by atoms with Crippen molar-refractivity contribution in [2.75, 3.05) is 39.4 Å². The first kappa shape index (κ1) is 22.2. The van der Waals surface area contributed by atoms with Gasteiger partial charge in [0.25, 0.3) is 0 Å². The summed E-state index contributed by atoms with van der Waals surface area (Å²) in [4.78, 5) is 13.8. The van der Waals surface area contributed by atoms with Gasteiger partial charge in [-0.15, -0.1) is 24.8 Å². The molecule has 0 bridgehead atoms. The molecule has 2 fully saturated rings. The summed E-state index contributed by atoms with van der Waals surface area (Å²) in [5, 5.41) is 3.43. The van der Waals surface area contributed by atoms with Gasteiger partial charge in [-0.25, -0.2) is 0 Å². The van der Waals surface area contributed by atoms with Gasteiger partial charge in [0, 0.05) is 52.4 Å². The maximum Gasteiger partial charge on any atom is 0.308 e. The Morgan fingerprint density at radius 3 is 2.56 bits per heavy atom. The largest absolute Gasteiger partial charge is 0.427 e. The molecule has 0 amide bonds. The van der Waals surface area contributed by atoms with Gasteiger partial charge in [0.2, 0.25) is 0 Å². The summed E-state index contributed by atoms with van der Waals surface area (Å²) in [6.07, 6.45) is 2.18. The van der Waals surface area contributed by atoms with Crippen LogP contribution in [0.3, 0.4) is 0 Å². The van der Waals surface area contributed by atoms with Gasteiger partial charge in [-0.1, -0.05) is 12.1 Å². The Balaban J connectivity index is 0.00000156. The molecule has 1 aromatic carbocycles. The predicted octanol–water partition coefficient (Wildman–Crippen LogP) is 2.83. The van der Waals surface area contributed by atoms with Crippen LogP contribution in [-0.4, -0.2) is 50.3 Å². The molecule has 7 heteroatoms. The fraction of sp³-hybridized carbons (Fsp3) is 0.611. The van der Waals surface area contributed by atoms with E-state index in [0.717, 1.165) is 52.2 Å². The molecule has 25 heavy (non-hydrogen) atoms. The molecule has 1 aromatic rings. The molecule has 2 aliphatic rings. The van der Waals surface area contributed by atoms with Gasteiger partial charge in [-0.3, -0.25) is 9.69 Å². The zero-order valence-corrected chi connectivity index (χ0v) is 16.2. The topological polar surface area (TPSA) is 50.8 Å².